The molecule has 2 atom stereocenters. The number of carbonyl (C=O) groups excluding carboxylic acids is 1. The van der Waals surface area contributed by atoms with Crippen LogP contribution in [0.25, 0.3) is 0 Å². The summed E-state index contributed by atoms with van der Waals surface area (Å²) in [7, 11) is 0. The number of fused-ring (bicyclic) bond motifs is 1. The second-order valence-corrected chi connectivity index (χ2v) is 5.80. The van der Waals surface area contributed by atoms with Crippen LogP contribution in [0.1, 0.15) is 38.5 Å². The van der Waals surface area contributed by atoms with Crippen molar-refractivity contribution in [2.75, 3.05) is 13.1 Å². The molecule has 17 heavy (non-hydrogen) atoms. The third-order valence-corrected chi connectivity index (χ3v) is 4.79. The molecule has 2 saturated carbocycles. The van der Waals surface area contributed by atoms with Crippen molar-refractivity contribution in [3.05, 3.63) is 0 Å². The number of hydrogen-bond acceptors (Lipinski definition) is 2. The van der Waals surface area contributed by atoms with E-state index in [4.69, 9.17) is 5.73 Å². The Morgan fingerprint density at radius 1 is 1.00 bits per heavy atom. The third-order valence-electron chi connectivity index (χ3n) is 4.79. The van der Waals surface area contributed by atoms with Crippen LogP contribution < -0.4 is 5.73 Å². The minimum absolute atomic E-state index is 0. The van der Waals surface area contributed by atoms with E-state index in [2.05, 4.69) is 4.90 Å². The molecule has 0 radical (unpaired) electrons. The summed E-state index contributed by atoms with van der Waals surface area (Å²) >= 11 is 0. The average molecular weight is 259 g/mol. The largest absolute Gasteiger partial charge is 0.342 e. The second-order valence-electron chi connectivity index (χ2n) is 5.80. The van der Waals surface area contributed by atoms with Crippen LogP contribution >= 0.6 is 12.4 Å². The van der Waals surface area contributed by atoms with Crippen LogP contribution in [0.2, 0.25) is 0 Å². The molecule has 0 aromatic heterocycles. The zero-order valence-electron chi connectivity index (χ0n) is 10.3. The summed E-state index contributed by atoms with van der Waals surface area (Å²) in [6.45, 7) is 1.80. The van der Waals surface area contributed by atoms with Gasteiger partial charge in [-0.25, -0.2) is 0 Å². The molecule has 98 valence electrons. The zero-order valence-corrected chi connectivity index (χ0v) is 11.1. The van der Waals surface area contributed by atoms with Crippen molar-refractivity contribution in [3.63, 3.8) is 0 Å². The fraction of sp³-hybridized carbons (Fsp3) is 0.923. The molecule has 0 bridgehead atoms. The number of hydrogen-bond donors (Lipinski definition) is 1. The Bertz CT molecular complexity index is 277. The van der Waals surface area contributed by atoms with Crippen molar-refractivity contribution < 1.29 is 4.79 Å². The van der Waals surface area contributed by atoms with E-state index in [9.17, 15) is 4.79 Å². The SMILES string of the molecule is Cl.NC1CCN(C(=O)C2C3CCCCC32)CC1. The van der Waals surface area contributed by atoms with Gasteiger partial charge in [0.25, 0.3) is 0 Å². The molecule has 0 aromatic carbocycles. The monoisotopic (exact) mass is 258 g/mol. The van der Waals surface area contributed by atoms with Crippen molar-refractivity contribution in [2.24, 2.45) is 23.5 Å². The molecule has 1 aliphatic heterocycles. The standard InChI is InChI=1S/C13H22N2O.ClH/c14-9-5-7-15(8-6-9)13(16)12-10-3-1-2-4-11(10)12;/h9-12H,1-8,14H2;1H. The Morgan fingerprint density at radius 3 is 2.06 bits per heavy atom. The van der Waals surface area contributed by atoms with Crippen LogP contribution in [-0.4, -0.2) is 29.9 Å². The van der Waals surface area contributed by atoms with E-state index in [0.717, 1.165) is 37.8 Å². The lowest BCUT2D eigenvalue weighted by molar-refractivity contribution is -0.134. The first-order chi connectivity index (χ1) is 7.77. The molecule has 4 heteroatoms. The maximum Gasteiger partial charge on any atom is 0.226 e. The molecule has 3 rings (SSSR count). The molecule has 2 aliphatic carbocycles. The summed E-state index contributed by atoms with van der Waals surface area (Å²) in [6.07, 6.45) is 7.27. The van der Waals surface area contributed by atoms with E-state index in [1.165, 1.54) is 25.7 Å². The van der Waals surface area contributed by atoms with Gasteiger partial charge in [-0.05, 0) is 37.5 Å². The van der Waals surface area contributed by atoms with Crippen molar-refractivity contribution in [1.82, 2.24) is 4.90 Å². The van der Waals surface area contributed by atoms with Gasteiger partial charge in [0, 0.05) is 25.0 Å². The highest BCUT2D eigenvalue weighted by Gasteiger charge is 2.55. The summed E-state index contributed by atoms with van der Waals surface area (Å²) in [5.74, 6) is 2.34. The number of rotatable bonds is 1. The van der Waals surface area contributed by atoms with Crippen LogP contribution in [0.3, 0.4) is 0 Å². The van der Waals surface area contributed by atoms with Crippen molar-refractivity contribution in [1.29, 1.82) is 0 Å². The number of nitrogens with two attached hydrogens (primary N) is 1. The third kappa shape index (κ3) is 2.45. The summed E-state index contributed by atoms with van der Waals surface area (Å²) in [4.78, 5) is 14.4. The Kier molecular flexibility index (Phi) is 3.99. The van der Waals surface area contributed by atoms with Crippen molar-refractivity contribution in [2.45, 2.75) is 44.6 Å². The lowest BCUT2D eigenvalue weighted by Gasteiger charge is -2.30. The van der Waals surface area contributed by atoms with E-state index >= 15 is 0 Å². The van der Waals surface area contributed by atoms with Gasteiger partial charge in [-0.2, -0.15) is 0 Å². The summed E-state index contributed by atoms with van der Waals surface area (Å²) in [6, 6.07) is 0.325. The molecule has 3 fully saturated rings. The molecule has 0 aromatic rings. The zero-order chi connectivity index (χ0) is 11.1. The minimum atomic E-state index is 0. The first-order valence-electron chi connectivity index (χ1n) is 6.82. The number of halogens is 1. The Morgan fingerprint density at radius 2 is 1.53 bits per heavy atom. The maximum absolute atomic E-state index is 12.3. The highest BCUT2D eigenvalue weighted by molar-refractivity contribution is 5.85. The number of nitrogens with zero attached hydrogens (tertiary/aromatic N) is 1. The minimum Gasteiger partial charge on any atom is -0.342 e. The molecule has 1 amide bonds. The van der Waals surface area contributed by atoms with Gasteiger partial charge >= 0.3 is 0 Å². The number of carbonyl (C=O) groups is 1. The van der Waals surface area contributed by atoms with Crippen LogP contribution in [0.4, 0.5) is 0 Å². The molecule has 2 unspecified atom stereocenters. The topological polar surface area (TPSA) is 46.3 Å². The fourth-order valence-electron chi connectivity index (χ4n) is 3.69. The first-order valence-corrected chi connectivity index (χ1v) is 6.82. The molecule has 1 saturated heterocycles. The number of likely N-dealkylation sites (tertiary alicyclic amines) is 1. The van der Waals surface area contributed by atoms with Gasteiger partial charge < -0.3 is 10.6 Å². The van der Waals surface area contributed by atoms with E-state index in [-0.39, 0.29) is 12.4 Å². The quantitative estimate of drug-likeness (QED) is 0.780. The highest BCUT2D eigenvalue weighted by atomic mass is 35.5. The predicted octanol–water partition coefficient (Wildman–Crippen LogP) is 1.79. The van der Waals surface area contributed by atoms with Crippen molar-refractivity contribution in [3.8, 4) is 0 Å². The molecule has 3 aliphatic rings. The Labute approximate surface area is 110 Å². The lowest BCUT2D eigenvalue weighted by atomic mass is 10.0. The van der Waals surface area contributed by atoms with Gasteiger partial charge in [0.15, 0.2) is 0 Å². The van der Waals surface area contributed by atoms with E-state index in [1.807, 2.05) is 0 Å². The summed E-state index contributed by atoms with van der Waals surface area (Å²) in [5, 5.41) is 0. The van der Waals surface area contributed by atoms with Crippen LogP contribution in [0.5, 0.6) is 0 Å². The molecule has 0 spiro atoms. The van der Waals surface area contributed by atoms with E-state index < -0.39 is 0 Å². The van der Waals surface area contributed by atoms with Crippen LogP contribution in [0.15, 0.2) is 0 Å². The fourth-order valence-corrected chi connectivity index (χ4v) is 3.69. The van der Waals surface area contributed by atoms with Gasteiger partial charge in [0.1, 0.15) is 0 Å². The smallest absolute Gasteiger partial charge is 0.226 e. The first kappa shape index (κ1) is 13.2. The normalized spacial score (nSPS) is 37.0. The average Bonchev–Trinajstić information content (AvgIpc) is 3.03. The summed E-state index contributed by atoms with van der Waals surface area (Å²) in [5.41, 5.74) is 5.87. The number of amides is 1. The van der Waals surface area contributed by atoms with Gasteiger partial charge in [0.05, 0.1) is 0 Å². The van der Waals surface area contributed by atoms with Gasteiger partial charge in [0.2, 0.25) is 5.91 Å². The predicted molar refractivity (Wildman–Crippen MR) is 70.0 cm³/mol. The summed E-state index contributed by atoms with van der Waals surface area (Å²) < 4.78 is 0. The van der Waals surface area contributed by atoms with Gasteiger partial charge in [-0.3, -0.25) is 4.79 Å². The molecular formula is C13H23ClN2O. The highest BCUT2D eigenvalue weighted by Crippen LogP contribution is 2.56. The number of piperidine rings is 1. The molecular weight excluding hydrogens is 236 g/mol. The van der Waals surface area contributed by atoms with Crippen LogP contribution in [-0.2, 0) is 4.79 Å². The van der Waals surface area contributed by atoms with E-state index in [1.54, 1.807) is 0 Å². The molecule has 2 N–H and O–H groups in total. The second kappa shape index (κ2) is 5.15. The van der Waals surface area contributed by atoms with Crippen molar-refractivity contribution >= 4 is 18.3 Å². The maximum atomic E-state index is 12.3. The molecule has 3 nitrogen and oxygen atoms in total. The van der Waals surface area contributed by atoms with Gasteiger partial charge in [-0.1, -0.05) is 12.8 Å². The molecule has 1 heterocycles. The lowest BCUT2D eigenvalue weighted by Crippen LogP contribution is -2.43. The Hall–Kier alpha value is -0.280. The van der Waals surface area contributed by atoms with Crippen LogP contribution in [0, 0.1) is 17.8 Å². The van der Waals surface area contributed by atoms with Gasteiger partial charge in [-0.15, -0.1) is 12.4 Å². The van der Waals surface area contributed by atoms with E-state index in [0.29, 0.717) is 17.9 Å². The Balaban J connectivity index is 0.00000108.